The van der Waals surface area contributed by atoms with Crippen LogP contribution in [0.4, 0.5) is 0 Å². The lowest BCUT2D eigenvalue weighted by atomic mass is 9.99. The lowest BCUT2D eigenvalue weighted by Gasteiger charge is -2.21. The van der Waals surface area contributed by atoms with Crippen LogP contribution in [0.5, 0.6) is 0 Å². The maximum absolute atomic E-state index is 13.1. The second kappa shape index (κ2) is 71.0. The Balaban J connectivity index is 5.16. The zero-order valence-electron chi connectivity index (χ0n) is 66.5. The minimum atomic E-state index is -4.96. The number of unbranched alkanes of at least 4 members (excludes halogenated alkanes) is 42. The van der Waals surface area contributed by atoms with Gasteiger partial charge in [0.05, 0.1) is 26.4 Å². The zero-order chi connectivity index (χ0) is 74.6. The molecule has 0 radical (unpaired) electrons. The molecular weight excluding hydrogens is 1320 g/mol. The molecule has 0 aliphatic heterocycles. The normalized spacial score (nSPS) is 14.8. The summed E-state index contributed by atoms with van der Waals surface area (Å²) in [5, 5.41) is 10.6. The van der Waals surface area contributed by atoms with E-state index in [0.717, 1.165) is 126 Å². The first-order valence-electron chi connectivity index (χ1n) is 42.3. The first kappa shape index (κ1) is 99.1. The summed E-state index contributed by atoms with van der Waals surface area (Å²) >= 11 is 0. The molecule has 17 nitrogen and oxygen atoms in total. The molecule has 19 heteroatoms. The third-order valence-electron chi connectivity index (χ3n) is 20.2. The van der Waals surface area contributed by atoms with Crippen molar-refractivity contribution >= 4 is 39.5 Å². The number of hydrogen-bond acceptors (Lipinski definition) is 15. The third kappa shape index (κ3) is 72.1. The number of aliphatic hydroxyl groups is 1. The molecule has 0 rings (SSSR count). The Hall–Kier alpha value is -1.94. The maximum Gasteiger partial charge on any atom is 0.472 e. The second-order valence-electron chi connectivity index (χ2n) is 30.7. The SMILES string of the molecule is CCC(C)CCCCCCCCCCCCCCCCCCCCC(=O)O[C@H](COC(=O)CCCCCCCCC(C)CC)COP(=O)(O)OC[C@H](O)COP(=O)(O)OC[C@@H](COC(=O)CCCCCCCCC(C)CC)OC(=O)CCCCCCCCCCCCCCCCCCC(C)C. The van der Waals surface area contributed by atoms with Crippen molar-refractivity contribution < 1.29 is 80.2 Å². The highest BCUT2D eigenvalue weighted by Gasteiger charge is 2.30. The minimum absolute atomic E-state index is 0.107. The summed E-state index contributed by atoms with van der Waals surface area (Å²) in [6.07, 6.45) is 58.5. The van der Waals surface area contributed by atoms with E-state index in [0.29, 0.717) is 25.7 Å². The Bertz CT molecular complexity index is 1980. The van der Waals surface area contributed by atoms with Crippen molar-refractivity contribution in [3.63, 3.8) is 0 Å². The molecule has 0 aromatic heterocycles. The van der Waals surface area contributed by atoms with E-state index in [2.05, 4.69) is 55.4 Å². The Kier molecular flexibility index (Phi) is 69.6. The Morgan fingerprint density at radius 1 is 0.277 bits per heavy atom. The molecule has 0 aromatic carbocycles. The molecule has 0 saturated heterocycles. The molecule has 0 aliphatic rings. The molecule has 3 N–H and O–H groups in total. The standard InChI is InChI=1S/C82H160O17P2/c1-9-73(6)59-51-43-35-31-27-23-19-14-12-13-15-20-24-28-32-36-48-56-64-81(86)98-77(68-92-79(84)62-54-46-40-38-44-52-60-74(7)10-2)70-96-100(88,89)94-66-76(83)67-95-101(90,91)97-71-78(69-93-80(85)63-55-47-41-39-45-53-61-75(8)11-3)99-82(87)65-57-49-37-33-29-25-21-17-16-18-22-26-30-34-42-50-58-72(4)5/h72-78,83H,9-71H2,1-8H3,(H,88,89)(H,90,91)/t73?,74?,75?,76-,77+,78+/m0/s1. The predicted molar refractivity (Wildman–Crippen MR) is 414 cm³/mol. The quantitative estimate of drug-likeness (QED) is 0.0222. The van der Waals surface area contributed by atoms with Gasteiger partial charge >= 0.3 is 39.5 Å². The summed E-state index contributed by atoms with van der Waals surface area (Å²) in [6, 6.07) is 0. The molecule has 0 amide bonds. The number of esters is 4. The van der Waals surface area contributed by atoms with Gasteiger partial charge in [-0.25, -0.2) is 9.13 Å². The number of hydrogen-bond donors (Lipinski definition) is 3. The number of rotatable bonds is 79. The van der Waals surface area contributed by atoms with Crippen LogP contribution in [0.15, 0.2) is 0 Å². The maximum atomic E-state index is 13.1. The number of phosphoric ester groups is 2. The summed E-state index contributed by atoms with van der Waals surface area (Å²) in [5.41, 5.74) is 0. The van der Waals surface area contributed by atoms with Crippen molar-refractivity contribution in [1.82, 2.24) is 0 Å². The fourth-order valence-electron chi connectivity index (χ4n) is 12.5. The van der Waals surface area contributed by atoms with Gasteiger partial charge in [-0.3, -0.25) is 37.3 Å². The summed E-state index contributed by atoms with van der Waals surface area (Å²) < 4.78 is 68.7. The molecule has 101 heavy (non-hydrogen) atoms. The number of carbonyl (C=O) groups excluding carboxylic acids is 4. The largest absolute Gasteiger partial charge is 0.472 e. The van der Waals surface area contributed by atoms with Crippen molar-refractivity contribution in [3.05, 3.63) is 0 Å². The number of phosphoric acid groups is 2. The van der Waals surface area contributed by atoms with E-state index in [4.69, 9.17) is 37.0 Å². The molecule has 0 heterocycles. The second-order valence-corrected chi connectivity index (χ2v) is 33.6. The van der Waals surface area contributed by atoms with Crippen LogP contribution in [0.3, 0.4) is 0 Å². The molecule has 0 aliphatic carbocycles. The molecule has 0 aromatic rings. The summed E-state index contributed by atoms with van der Waals surface area (Å²) in [6.45, 7) is 14.3. The van der Waals surface area contributed by atoms with Gasteiger partial charge in [0.2, 0.25) is 0 Å². The third-order valence-corrected chi connectivity index (χ3v) is 22.1. The van der Waals surface area contributed by atoms with Gasteiger partial charge in [0, 0.05) is 25.7 Å². The highest BCUT2D eigenvalue weighted by Crippen LogP contribution is 2.45. The van der Waals surface area contributed by atoms with Crippen molar-refractivity contribution in [2.45, 2.75) is 440 Å². The Labute approximate surface area is 619 Å². The summed E-state index contributed by atoms with van der Waals surface area (Å²) in [5.74, 6) is 1.03. The van der Waals surface area contributed by atoms with E-state index < -0.39 is 97.5 Å². The Morgan fingerprint density at radius 2 is 0.475 bits per heavy atom. The van der Waals surface area contributed by atoms with E-state index >= 15 is 0 Å². The molecule has 0 fully saturated rings. The van der Waals surface area contributed by atoms with Crippen LogP contribution in [-0.4, -0.2) is 96.7 Å². The molecular formula is C82H160O17P2. The van der Waals surface area contributed by atoms with Crippen LogP contribution >= 0.6 is 15.6 Å². The lowest BCUT2D eigenvalue weighted by Crippen LogP contribution is -2.30. The van der Waals surface area contributed by atoms with Crippen LogP contribution in [0, 0.1) is 23.7 Å². The van der Waals surface area contributed by atoms with Crippen LogP contribution in [-0.2, 0) is 65.4 Å². The first-order chi connectivity index (χ1) is 48.7. The predicted octanol–water partition coefficient (Wildman–Crippen LogP) is 24.4. The van der Waals surface area contributed by atoms with E-state index in [9.17, 15) is 43.2 Å². The van der Waals surface area contributed by atoms with Gasteiger partial charge in [-0.15, -0.1) is 0 Å². The summed E-state index contributed by atoms with van der Waals surface area (Å²) in [7, 11) is -9.92. The van der Waals surface area contributed by atoms with Crippen LogP contribution in [0.1, 0.15) is 421 Å². The molecule has 0 saturated carbocycles. The summed E-state index contributed by atoms with van der Waals surface area (Å²) in [4.78, 5) is 73.0. The van der Waals surface area contributed by atoms with E-state index in [-0.39, 0.29) is 25.7 Å². The highest BCUT2D eigenvalue weighted by atomic mass is 31.2. The average Bonchev–Trinajstić information content (AvgIpc) is 0.921. The van der Waals surface area contributed by atoms with Gasteiger partial charge in [0.25, 0.3) is 0 Å². The number of carbonyl (C=O) groups is 4. The first-order valence-corrected chi connectivity index (χ1v) is 45.3. The smallest absolute Gasteiger partial charge is 0.462 e. The van der Waals surface area contributed by atoms with Gasteiger partial charge < -0.3 is 33.8 Å². The van der Waals surface area contributed by atoms with Crippen LogP contribution < -0.4 is 0 Å². The molecule has 600 valence electrons. The van der Waals surface area contributed by atoms with Crippen molar-refractivity contribution in [3.8, 4) is 0 Å². The van der Waals surface area contributed by atoms with Gasteiger partial charge in [-0.05, 0) is 49.4 Å². The number of aliphatic hydroxyl groups excluding tert-OH is 1. The van der Waals surface area contributed by atoms with Crippen LogP contribution in [0.2, 0.25) is 0 Å². The highest BCUT2D eigenvalue weighted by molar-refractivity contribution is 7.47. The van der Waals surface area contributed by atoms with Crippen molar-refractivity contribution in [2.75, 3.05) is 39.6 Å². The van der Waals surface area contributed by atoms with Gasteiger partial charge in [-0.1, -0.05) is 370 Å². The fraction of sp³-hybridized carbons (Fsp3) is 0.951. The minimum Gasteiger partial charge on any atom is -0.462 e. The van der Waals surface area contributed by atoms with Gasteiger partial charge in [0.1, 0.15) is 19.3 Å². The Morgan fingerprint density at radius 3 is 0.703 bits per heavy atom. The van der Waals surface area contributed by atoms with E-state index in [1.54, 1.807) is 0 Å². The number of ether oxygens (including phenoxy) is 4. The monoisotopic (exact) mass is 1480 g/mol. The fourth-order valence-corrected chi connectivity index (χ4v) is 14.1. The topological polar surface area (TPSA) is 237 Å². The molecule has 0 spiro atoms. The molecule has 8 atom stereocenters. The van der Waals surface area contributed by atoms with Crippen molar-refractivity contribution in [1.29, 1.82) is 0 Å². The van der Waals surface area contributed by atoms with E-state index in [1.165, 1.54) is 212 Å². The van der Waals surface area contributed by atoms with E-state index in [1.807, 2.05) is 0 Å². The average molecular weight is 1480 g/mol. The van der Waals surface area contributed by atoms with Gasteiger partial charge in [-0.2, -0.15) is 0 Å². The molecule has 0 bridgehead atoms. The lowest BCUT2D eigenvalue weighted by molar-refractivity contribution is -0.161. The van der Waals surface area contributed by atoms with Crippen molar-refractivity contribution in [2.24, 2.45) is 23.7 Å². The van der Waals surface area contributed by atoms with Crippen LogP contribution in [0.25, 0.3) is 0 Å². The zero-order valence-corrected chi connectivity index (χ0v) is 68.3. The molecule has 5 unspecified atom stereocenters. The van der Waals surface area contributed by atoms with Gasteiger partial charge in [0.15, 0.2) is 12.2 Å².